The first-order valence-corrected chi connectivity index (χ1v) is 9.46. The van der Waals surface area contributed by atoms with Gasteiger partial charge in [0.15, 0.2) is 0 Å². The summed E-state index contributed by atoms with van der Waals surface area (Å²) in [6.07, 6.45) is 0. The minimum atomic E-state index is 0.259. The quantitative estimate of drug-likeness (QED) is 0.513. The van der Waals surface area contributed by atoms with Gasteiger partial charge in [-0.15, -0.1) is 0 Å². The van der Waals surface area contributed by atoms with Gasteiger partial charge in [0.05, 0.1) is 11.4 Å². The van der Waals surface area contributed by atoms with E-state index >= 15 is 0 Å². The Morgan fingerprint density at radius 3 is 2.41 bits per heavy atom. The van der Waals surface area contributed by atoms with Crippen LogP contribution in [-0.4, -0.2) is 9.78 Å². The third-order valence-corrected chi connectivity index (χ3v) is 5.32. The van der Waals surface area contributed by atoms with Gasteiger partial charge in [-0.1, -0.05) is 60.7 Å². The summed E-state index contributed by atoms with van der Waals surface area (Å²) in [5.41, 5.74) is 5.97. The fraction of sp³-hybridized carbons (Fsp3) is 0.208. The lowest BCUT2D eigenvalue weighted by Gasteiger charge is -2.17. The number of fused-ring (bicyclic) bond motifs is 1. The Balaban J connectivity index is 1.58. The van der Waals surface area contributed by atoms with E-state index < -0.39 is 0 Å². The molecule has 1 aromatic heterocycles. The highest BCUT2D eigenvalue weighted by atomic mass is 15.3. The Kier molecular flexibility index (Phi) is 4.78. The second-order valence-corrected chi connectivity index (χ2v) is 7.07. The molecule has 0 saturated carbocycles. The molecule has 0 amide bonds. The fourth-order valence-electron chi connectivity index (χ4n) is 3.74. The van der Waals surface area contributed by atoms with Crippen molar-refractivity contribution in [3.63, 3.8) is 0 Å². The van der Waals surface area contributed by atoms with Gasteiger partial charge in [0.1, 0.15) is 0 Å². The van der Waals surface area contributed by atoms with Crippen LogP contribution in [0.15, 0.2) is 72.8 Å². The molecule has 4 aromatic rings. The first-order valence-electron chi connectivity index (χ1n) is 9.46. The van der Waals surface area contributed by atoms with Gasteiger partial charge in [-0.2, -0.15) is 5.10 Å². The molecular formula is C24H25N3. The third-order valence-electron chi connectivity index (χ3n) is 5.32. The lowest BCUT2D eigenvalue weighted by atomic mass is 9.99. The molecule has 3 heteroatoms. The molecule has 27 heavy (non-hydrogen) atoms. The van der Waals surface area contributed by atoms with Crippen LogP contribution in [0.4, 0.5) is 0 Å². The van der Waals surface area contributed by atoms with Gasteiger partial charge in [-0.05, 0) is 49.2 Å². The van der Waals surface area contributed by atoms with Crippen LogP contribution >= 0.6 is 0 Å². The first-order chi connectivity index (χ1) is 13.1. The summed E-state index contributed by atoms with van der Waals surface area (Å²) in [5, 5.41) is 11.1. The second kappa shape index (κ2) is 7.37. The van der Waals surface area contributed by atoms with E-state index in [1.807, 2.05) is 22.9 Å². The summed E-state index contributed by atoms with van der Waals surface area (Å²) >= 11 is 0. The maximum atomic E-state index is 4.76. The molecule has 4 rings (SSSR count). The van der Waals surface area contributed by atoms with E-state index in [2.05, 4.69) is 80.7 Å². The maximum Gasteiger partial charge on any atom is 0.0648 e. The van der Waals surface area contributed by atoms with Crippen molar-refractivity contribution >= 4 is 10.8 Å². The fourth-order valence-corrected chi connectivity index (χ4v) is 3.74. The van der Waals surface area contributed by atoms with Crippen molar-refractivity contribution in [1.82, 2.24) is 15.1 Å². The Bertz CT molecular complexity index is 1060. The zero-order valence-electron chi connectivity index (χ0n) is 16.1. The molecule has 1 atom stereocenters. The molecule has 0 unspecified atom stereocenters. The number of rotatable bonds is 5. The first kappa shape index (κ1) is 17.5. The van der Waals surface area contributed by atoms with E-state index in [0.29, 0.717) is 0 Å². The lowest BCUT2D eigenvalue weighted by Crippen LogP contribution is -2.19. The summed E-state index contributed by atoms with van der Waals surface area (Å²) < 4.78 is 2.04. The monoisotopic (exact) mass is 355 g/mol. The van der Waals surface area contributed by atoms with Crippen LogP contribution < -0.4 is 5.32 Å². The van der Waals surface area contributed by atoms with Gasteiger partial charge < -0.3 is 5.32 Å². The molecule has 1 heterocycles. The highest BCUT2D eigenvalue weighted by molar-refractivity contribution is 5.86. The summed E-state index contributed by atoms with van der Waals surface area (Å²) in [5.74, 6) is 0. The molecule has 1 N–H and O–H groups in total. The third kappa shape index (κ3) is 3.38. The average molecular weight is 355 g/mol. The van der Waals surface area contributed by atoms with E-state index in [4.69, 9.17) is 5.10 Å². The Labute approximate surface area is 160 Å². The number of para-hydroxylation sites is 1. The number of hydrogen-bond acceptors (Lipinski definition) is 2. The summed E-state index contributed by atoms with van der Waals surface area (Å²) in [6, 6.07) is 25.7. The molecule has 3 nitrogen and oxygen atoms in total. The van der Waals surface area contributed by atoms with E-state index in [9.17, 15) is 0 Å². The molecule has 0 aliphatic carbocycles. The maximum absolute atomic E-state index is 4.76. The molecule has 0 bridgehead atoms. The molecule has 0 radical (unpaired) electrons. The van der Waals surface area contributed by atoms with Gasteiger partial charge in [0.25, 0.3) is 0 Å². The Morgan fingerprint density at radius 2 is 1.59 bits per heavy atom. The number of hydrogen-bond donors (Lipinski definition) is 1. The average Bonchev–Trinajstić information content (AvgIpc) is 3.00. The predicted octanol–water partition coefficient (Wildman–Crippen LogP) is 5.49. The highest BCUT2D eigenvalue weighted by Gasteiger charge is 2.15. The van der Waals surface area contributed by atoms with Gasteiger partial charge in [0.2, 0.25) is 0 Å². The molecule has 136 valence electrons. The SMILES string of the molecule is Cc1nn(-c2ccccc2)c(C)c1CN[C@H](C)c1cccc2ccccc12. The summed E-state index contributed by atoms with van der Waals surface area (Å²) in [7, 11) is 0. The molecule has 3 aromatic carbocycles. The Morgan fingerprint density at radius 1 is 0.889 bits per heavy atom. The van der Waals surface area contributed by atoms with Crippen LogP contribution in [0.5, 0.6) is 0 Å². The summed E-state index contributed by atoms with van der Waals surface area (Å²) in [4.78, 5) is 0. The van der Waals surface area contributed by atoms with E-state index in [-0.39, 0.29) is 6.04 Å². The predicted molar refractivity (Wildman–Crippen MR) is 112 cm³/mol. The number of aromatic nitrogens is 2. The van der Waals surface area contributed by atoms with Gasteiger partial charge >= 0.3 is 0 Å². The van der Waals surface area contributed by atoms with Crippen molar-refractivity contribution in [3.05, 3.63) is 95.3 Å². The van der Waals surface area contributed by atoms with Crippen molar-refractivity contribution < 1.29 is 0 Å². The minimum absolute atomic E-state index is 0.259. The van der Waals surface area contributed by atoms with Crippen LogP contribution in [0.1, 0.15) is 35.5 Å². The van der Waals surface area contributed by atoms with Crippen molar-refractivity contribution in [2.45, 2.75) is 33.4 Å². The van der Waals surface area contributed by atoms with Crippen LogP contribution in [-0.2, 0) is 6.54 Å². The van der Waals surface area contributed by atoms with Crippen LogP contribution in [0.3, 0.4) is 0 Å². The molecule has 0 aliphatic rings. The molecular weight excluding hydrogens is 330 g/mol. The number of nitrogens with one attached hydrogen (secondary N) is 1. The van der Waals surface area contributed by atoms with Crippen molar-refractivity contribution in [2.24, 2.45) is 0 Å². The standard InChI is InChI=1S/C24H25N3/c1-17(22-15-9-11-20-10-7-8-14-23(20)22)25-16-24-18(2)26-27(19(24)3)21-12-5-4-6-13-21/h4-15,17,25H,16H2,1-3H3/t17-/m1/s1. The summed E-state index contributed by atoms with van der Waals surface area (Å²) in [6.45, 7) is 7.27. The van der Waals surface area contributed by atoms with E-state index in [1.54, 1.807) is 0 Å². The number of nitrogens with zero attached hydrogens (tertiary/aromatic N) is 2. The smallest absolute Gasteiger partial charge is 0.0648 e. The highest BCUT2D eigenvalue weighted by Crippen LogP contribution is 2.25. The van der Waals surface area contributed by atoms with Crippen molar-refractivity contribution in [1.29, 1.82) is 0 Å². The molecule has 0 fully saturated rings. The lowest BCUT2D eigenvalue weighted by molar-refractivity contribution is 0.575. The molecule has 0 saturated heterocycles. The van der Waals surface area contributed by atoms with Gasteiger partial charge in [-0.3, -0.25) is 0 Å². The minimum Gasteiger partial charge on any atom is -0.306 e. The van der Waals surface area contributed by atoms with Crippen LogP contribution in [0, 0.1) is 13.8 Å². The van der Waals surface area contributed by atoms with E-state index in [0.717, 1.165) is 17.9 Å². The van der Waals surface area contributed by atoms with Gasteiger partial charge in [0, 0.05) is 23.8 Å². The zero-order chi connectivity index (χ0) is 18.8. The topological polar surface area (TPSA) is 29.9 Å². The van der Waals surface area contributed by atoms with Crippen molar-refractivity contribution in [2.75, 3.05) is 0 Å². The van der Waals surface area contributed by atoms with Crippen LogP contribution in [0.25, 0.3) is 16.5 Å². The van der Waals surface area contributed by atoms with E-state index in [1.165, 1.54) is 27.6 Å². The van der Waals surface area contributed by atoms with Crippen LogP contribution in [0.2, 0.25) is 0 Å². The normalized spacial score (nSPS) is 12.4. The van der Waals surface area contributed by atoms with Gasteiger partial charge in [-0.25, -0.2) is 4.68 Å². The molecule has 0 spiro atoms. The van der Waals surface area contributed by atoms with Crippen molar-refractivity contribution in [3.8, 4) is 5.69 Å². The molecule has 0 aliphatic heterocycles. The number of benzene rings is 3. The second-order valence-electron chi connectivity index (χ2n) is 7.07. The largest absolute Gasteiger partial charge is 0.306 e. The zero-order valence-corrected chi connectivity index (χ0v) is 16.1. The Hall–Kier alpha value is -2.91. The number of aryl methyl sites for hydroxylation is 1.